The number of aryl methyl sites for hydroxylation is 1. The molecular weight excluding hydrogens is 781 g/mol. The van der Waals surface area contributed by atoms with Crippen molar-refractivity contribution in [2.24, 2.45) is 0 Å². The Morgan fingerprint density at radius 2 is 0.953 bits per heavy atom. The van der Waals surface area contributed by atoms with Gasteiger partial charge in [0, 0.05) is 60.6 Å². The quantitative estimate of drug-likeness (QED) is 0.168. The number of hydrogen-bond acceptors (Lipinski definition) is 4. The van der Waals surface area contributed by atoms with Gasteiger partial charge in [-0.1, -0.05) is 146 Å². The first-order valence-electron chi connectivity index (χ1n) is 21.9. The molecule has 6 nitrogen and oxygen atoms in total. The van der Waals surface area contributed by atoms with Crippen molar-refractivity contribution in [2.45, 2.75) is 12.8 Å². The number of allylic oxidation sites excluding steroid dienone is 1. The summed E-state index contributed by atoms with van der Waals surface area (Å²) >= 11 is 0. The van der Waals surface area contributed by atoms with E-state index in [1.54, 1.807) is 0 Å². The fourth-order valence-corrected chi connectivity index (χ4v) is 9.95. The van der Waals surface area contributed by atoms with Crippen molar-refractivity contribution in [2.75, 3.05) is 0 Å². The molecule has 1 aliphatic rings. The number of para-hydroxylation sites is 3. The average molecular weight is 819 g/mol. The second-order valence-electron chi connectivity index (χ2n) is 16.5. The maximum Gasteiger partial charge on any atom is 0.164 e. The molecule has 6 heteroatoms. The van der Waals surface area contributed by atoms with E-state index < -0.39 is 0 Å². The summed E-state index contributed by atoms with van der Waals surface area (Å²) in [5.41, 5.74) is 13.8. The van der Waals surface area contributed by atoms with Crippen molar-refractivity contribution in [3.8, 4) is 56.8 Å². The number of aromatic nitrogens is 6. The van der Waals surface area contributed by atoms with Gasteiger partial charge in [-0.05, 0) is 84.5 Å². The van der Waals surface area contributed by atoms with Crippen LogP contribution in [0.2, 0.25) is 0 Å². The zero-order valence-electron chi connectivity index (χ0n) is 34.7. The molecule has 0 aliphatic heterocycles. The highest BCUT2D eigenvalue weighted by Gasteiger charge is 2.24. The minimum Gasteiger partial charge on any atom is -0.309 e. The maximum atomic E-state index is 5.41. The van der Waals surface area contributed by atoms with E-state index in [-0.39, 0.29) is 0 Å². The molecule has 4 heterocycles. The second-order valence-corrected chi connectivity index (χ2v) is 16.5. The summed E-state index contributed by atoms with van der Waals surface area (Å²) in [7, 11) is 0. The van der Waals surface area contributed by atoms with Crippen molar-refractivity contribution in [1.82, 2.24) is 29.1 Å². The number of fused-ring (bicyclic) bond motifs is 9. The van der Waals surface area contributed by atoms with Crippen LogP contribution in [-0.4, -0.2) is 29.1 Å². The molecule has 0 atom stereocenters. The first-order chi connectivity index (χ1) is 31.7. The molecule has 1 aliphatic carbocycles. The Bertz CT molecular complexity index is 3770. The van der Waals surface area contributed by atoms with E-state index in [2.05, 4.69) is 197 Å². The Labute approximate surface area is 369 Å². The molecule has 0 unspecified atom stereocenters. The predicted octanol–water partition coefficient (Wildman–Crippen LogP) is 14.2. The van der Waals surface area contributed by atoms with Gasteiger partial charge in [0.15, 0.2) is 17.5 Å². The fourth-order valence-electron chi connectivity index (χ4n) is 9.95. The number of hydrogen-bond donors (Lipinski definition) is 0. The Morgan fingerprint density at radius 3 is 1.70 bits per heavy atom. The van der Waals surface area contributed by atoms with Gasteiger partial charge in [0.25, 0.3) is 0 Å². The summed E-state index contributed by atoms with van der Waals surface area (Å²) in [4.78, 5) is 21.3. The molecule has 0 fully saturated rings. The van der Waals surface area contributed by atoms with Crippen molar-refractivity contribution >= 4 is 60.5 Å². The van der Waals surface area contributed by atoms with Gasteiger partial charge in [0.1, 0.15) is 0 Å². The van der Waals surface area contributed by atoms with Crippen LogP contribution in [0.25, 0.3) is 117 Å². The summed E-state index contributed by atoms with van der Waals surface area (Å²) in [6.45, 7) is 0. The van der Waals surface area contributed by atoms with Crippen LogP contribution in [0.15, 0.2) is 200 Å². The third-order valence-electron chi connectivity index (χ3n) is 12.8. The van der Waals surface area contributed by atoms with Crippen LogP contribution in [0.1, 0.15) is 17.7 Å². The number of pyridine rings is 1. The van der Waals surface area contributed by atoms with Crippen molar-refractivity contribution in [3.63, 3.8) is 0 Å². The lowest BCUT2D eigenvalue weighted by Crippen LogP contribution is -2.02. The van der Waals surface area contributed by atoms with Gasteiger partial charge >= 0.3 is 0 Å². The molecule has 8 aromatic carbocycles. The van der Waals surface area contributed by atoms with E-state index in [9.17, 15) is 0 Å². The van der Waals surface area contributed by atoms with Crippen LogP contribution in [-0.2, 0) is 6.42 Å². The van der Waals surface area contributed by atoms with Gasteiger partial charge in [-0.3, -0.25) is 0 Å². The zero-order chi connectivity index (χ0) is 42.1. The van der Waals surface area contributed by atoms with E-state index >= 15 is 0 Å². The Balaban J connectivity index is 1.09. The Morgan fingerprint density at radius 1 is 0.375 bits per heavy atom. The van der Waals surface area contributed by atoms with Crippen LogP contribution >= 0.6 is 0 Å². The highest BCUT2D eigenvalue weighted by Crippen LogP contribution is 2.43. The van der Waals surface area contributed by atoms with Gasteiger partial charge in [-0.25, -0.2) is 19.9 Å². The molecular formula is C58H38N6. The molecule has 4 aromatic heterocycles. The molecule has 0 saturated heterocycles. The molecule has 13 rings (SSSR count). The minimum absolute atomic E-state index is 0.607. The first-order valence-corrected chi connectivity index (χ1v) is 21.9. The predicted molar refractivity (Wildman–Crippen MR) is 263 cm³/mol. The highest BCUT2D eigenvalue weighted by molar-refractivity contribution is 6.20. The maximum absolute atomic E-state index is 5.41. The molecule has 300 valence electrons. The van der Waals surface area contributed by atoms with E-state index in [0.717, 1.165) is 96.1 Å². The summed E-state index contributed by atoms with van der Waals surface area (Å²) in [6, 6.07) is 68.6. The monoisotopic (exact) mass is 818 g/mol. The zero-order valence-corrected chi connectivity index (χ0v) is 34.7. The lowest BCUT2D eigenvalue weighted by atomic mass is 9.92. The van der Waals surface area contributed by atoms with Gasteiger partial charge in [-0.15, -0.1) is 0 Å². The van der Waals surface area contributed by atoms with Crippen molar-refractivity contribution in [3.05, 3.63) is 211 Å². The molecule has 0 spiro atoms. The average Bonchev–Trinajstić information content (AvgIpc) is 3.89. The first kappa shape index (κ1) is 36.2. The van der Waals surface area contributed by atoms with Crippen molar-refractivity contribution < 1.29 is 0 Å². The molecule has 0 amide bonds. The number of nitrogens with zero attached hydrogens (tertiary/aromatic N) is 6. The Kier molecular flexibility index (Phi) is 8.24. The van der Waals surface area contributed by atoms with Gasteiger partial charge < -0.3 is 9.13 Å². The lowest BCUT2D eigenvalue weighted by molar-refractivity contribution is 0.979. The minimum atomic E-state index is 0.607. The van der Waals surface area contributed by atoms with Gasteiger partial charge in [0.05, 0.1) is 33.5 Å². The second kappa shape index (κ2) is 14.6. The smallest absolute Gasteiger partial charge is 0.164 e. The fraction of sp³-hybridized carbons (Fsp3) is 0.0345. The molecule has 12 aromatic rings. The molecule has 0 saturated carbocycles. The third-order valence-corrected chi connectivity index (χ3v) is 12.8. The standard InChI is InChI=1S/C58H38N6/c1-4-18-37(19-5-1)55-47-35-48-53(36-46(47)42-26-10-13-30-49(42)59-55)63(40-23-8-3-9-24-40)52-33-17-29-45(54(48)52)58-61-56(38-20-6-2-7-21-38)60-57(62-58)39-22-16-25-41(34-39)64-50-31-14-11-27-43(50)44-28-12-15-32-51(44)64/h1-9,11-25,27-36H,10,26H2. The number of rotatable bonds is 6. The number of benzene rings is 8. The topological polar surface area (TPSA) is 61.4 Å². The van der Waals surface area contributed by atoms with E-state index in [4.69, 9.17) is 19.9 Å². The molecule has 0 bridgehead atoms. The van der Waals surface area contributed by atoms with E-state index in [1.807, 2.05) is 18.2 Å². The largest absolute Gasteiger partial charge is 0.309 e. The summed E-state index contributed by atoms with van der Waals surface area (Å²) < 4.78 is 4.74. The SMILES string of the molecule is C1=Cc2nc(-c3ccccc3)c3cc4c5c(-c6nc(-c7ccccc7)nc(-c7cccc(-n8c9ccccc9c9ccccc98)c7)n6)cccc5n(-c5ccccc5)c4cc3c2CC1. The Hall–Kier alpha value is -8.48. The summed E-state index contributed by atoms with van der Waals surface area (Å²) in [5.74, 6) is 1.84. The van der Waals surface area contributed by atoms with Crippen LogP contribution in [0, 0.1) is 0 Å². The van der Waals surface area contributed by atoms with Gasteiger partial charge in [-0.2, -0.15) is 0 Å². The summed E-state index contributed by atoms with van der Waals surface area (Å²) in [5, 5.41) is 7.00. The van der Waals surface area contributed by atoms with E-state index in [1.165, 1.54) is 21.7 Å². The van der Waals surface area contributed by atoms with Crippen LogP contribution in [0.3, 0.4) is 0 Å². The van der Waals surface area contributed by atoms with Crippen LogP contribution < -0.4 is 0 Å². The van der Waals surface area contributed by atoms with Gasteiger partial charge in [0.2, 0.25) is 0 Å². The normalized spacial score (nSPS) is 12.5. The third kappa shape index (κ3) is 5.73. The highest BCUT2D eigenvalue weighted by atomic mass is 15.0. The summed E-state index contributed by atoms with van der Waals surface area (Å²) in [6.07, 6.45) is 6.38. The molecule has 0 N–H and O–H groups in total. The molecule has 0 radical (unpaired) electrons. The van der Waals surface area contributed by atoms with Crippen LogP contribution in [0.5, 0.6) is 0 Å². The lowest BCUT2D eigenvalue weighted by Gasteiger charge is -2.17. The van der Waals surface area contributed by atoms with Crippen LogP contribution in [0.4, 0.5) is 0 Å². The molecule has 64 heavy (non-hydrogen) atoms. The van der Waals surface area contributed by atoms with E-state index in [0.29, 0.717) is 17.5 Å². The van der Waals surface area contributed by atoms with Crippen molar-refractivity contribution in [1.29, 1.82) is 0 Å².